The van der Waals surface area contributed by atoms with Gasteiger partial charge in [0, 0.05) is 850 Å². The van der Waals surface area contributed by atoms with E-state index in [-0.39, 0.29) is 861 Å². The Morgan fingerprint density at radius 2 is 0.321 bits per heavy atom. The summed E-state index contributed by atoms with van der Waals surface area (Å²) in [6.07, 6.45) is 0. The molecule has 0 amide bonds. The average Bonchev–Trinajstić information content (AvgIpc) is 0.759. The van der Waals surface area contributed by atoms with Crippen molar-refractivity contribution in [1.29, 1.82) is 0 Å². The van der Waals surface area contributed by atoms with Gasteiger partial charge in [-0.05, 0) is 0 Å². The van der Waals surface area contributed by atoms with Crippen LogP contribution in [0.4, 0.5) is 0 Å². The first kappa shape index (κ1) is 162. The molecule has 12 aromatic rings. The van der Waals surface area contributed by atoms with Gasteiger partial charge in [0.15, 0.2) is 0 Å². The van der Waals surface area contributed by atoms with Crippen molar-refractivity contribution in [3.8, 4) is 111 Å². The first-order valence-electron chi connectivity index (χ1n) is 25.4. The van der Waals surface area contributed by atoms with E-state index in [2.05, 4.69) is 159 Å². The fraction of sp³-hybridized carbons (Fsp3) is 0.0270. The zero-order valence-electron chi connectivity index (χ0n) is 58.1. The van der Waals surface area contributed by atoms with Crippen LogP contribution in [0.2, 0.25) is 0 Å². The van der Waals surface area contributed by atoms with Crippen molar-refractivity contribution in [3.63, 3.8) is 0 Å². The monoisotopic (exact) mass is 3320 g/mol. The summed E-state index contributed by atoms with van der Waals surface area (Å²) in [6.45, 7) is 4.21. The Bertz CT molecular complexity index is 3390. The van der Waals surface area contributed by atoms with E-state index in [9.17, 15) is 20.1 Å². The van der Waals surface area contributed by atoms with Gasteiger partial charge >= 0.3 is 14.2 Å². The summed E-state index contributed by atoms with van der Waals surface area (Å²) >= 11 is 0. The molecule has 0 saturated heterocycles. The number of rotatable bonds is 4. The van der Waals surface area contributed by atoms with Crippen LogP contribution in [0, 0.1) is 135 Å². The molecule has 4 nitrogen and oxygen atoms in total. The second kappa shape index (κ2) is 89.5. The molecule has 32 heteroatoms. The SMILES string of the molecule is Cc1ccc[c-]c1-c1[c-]cccc1C.OB(O)c1[c-]cc[c-]c1-c1[c-]cc[c-]c1B(O)O.[Y].[Y].[Y].[Y].[Y].[Y].[Y].[Y].[Y].[Y].[Y].[Y].[Y].[Y].[Y].[Y].[Y].[Y].[Y].[Y].[Y].[Y].[Y].[Y].[Y].[Y].[c-]1cc[c-]c2c1-c1[c-]cc[c-]c1-c1[c-]cc[c-]c1-c1[c-]cc[c-]c1-2.[c-]1cc[c-]c2c1-c1[c-]cc[c-]c1-c1ccc[c-]c1-c1[c-]cccc1-2. The van der Waals surface area contributed by atoms with Gasteiger partial charge in [0.05, 0.1) is 0 Å². The molecule has 0 aliphatic heterocycles. The number of fused-ring (bicyclic) bond motifs is 16. The quantitative estimate of drug-likeness (QED) is 0.105. The van der Waals surface area contributed by atoms with Crippen LogP contribution in [0.3, 0.4) is 0 Å². The molecule has 2 aliphatic carbocycles. The third kappa shape index (κ3) is 46.4. The Hall–Kier alpha value is 19.3. The summed E-state index contributed by atoms with van der Waals surface area (Å²) in [5.41, 5.74) is 21.5. The predicted octanol–water partition coefficient (Wildman–Crippen LogP) is 12.0. The van der Waals surface area contributed by atoms with Crippen molar-refractivity contribution in [3.05, 3.63) is 302 Å². The minimum atomic E-state index is -1.73. The third-order valence-electron chi connectivity index (χ3n) is 13.3. The number of hydrogen-bond acceptors (Lipinski definition) is 4. The summed E-state index contributed by atoms with van der Waals surface area (Å²) in [4.78, 5) is 0. The van der Waals surface area contributed by atoms with Gasteiger partial charge in [0.1, 0.15) is 0 Å². The van der Waals surface area contributed by atoms with Crippen molar-refractivity contribution in [2.45, 2.75) is 13.8 Å². The van der Waals surface area contributed by atoms with Crippen LogP contribution in [-0.2, 0) is 850 Å². The van der Waals surface area contributed by atoms with E-state index in [1.165, 1.54) is 35.4 Å². The van der Waals surface area contributed by atoms with Gasteiger partial charge in [-0.25, -0.2) is 257 Å². The zero-order valence-corrected chi connectivity index (χ0v) is 132. The standard InChI is InChI=1S/C24H10.C24H8.C14H12.C12H8B2O4.26Y/c2*1-2-10-18-17(9-1)19-11-3-4-13-21(19)23-15-7-8-16-24(23)22-14-6-5-12-20(18)22;1-11-7-3-5-9-13(11)14-10-6-4-8-12(14)2;15-13(16)11-7-3-1-5-9(11)10-6-2-4-8-12(10)14(17)18;;;;;;;;;;;;;;;;;;;;;;;;;;/h1-9,14H;1-8H;3-8H,1-2H3;1-4,15-18H;;;;;;;;;;;;;;;;;;;;;;;;;;/q-6;-8;-2;-4;;;;;;;;;;;;;;;;;;;;;;;;;;. The van der Waals surface area contributed by atoms with Crippen LogP contribution in [0.25, 0.3) is 111 Å². The fourth-order valence-corrected chi connectivity index (χ4v) is 9.68. The van der Waals surface area contributed by atoms with Gasteiger partial charge in [0.2, 0.25) is 0 Å². The van der Waals surface area contributed by atoms with Crippen molar-refractivity contribution in [2.75, 3.05) is 0 Å². The summed E-state index contributed by atoms with van der Waals surface area (Å²) in [5, 5.41) is 37.0. The topological polar surface area (TPSA) is 80.9 Å². The molecule has 26 radical (unpaired) electrons. The Balaban J connectivity index is -0.0000000683. The van der Waals surface area contributed by atoms with Gasteiger partial charge in [0.25, 0.3) is 0 Å². The maximum Gasteiger partial charge on any atom is 0.406 e. The molecule has 4 N–H and O–H groups in total. The maximum absolute atomic E-state index is 9.25. The summed E-state index contributed by atoms with van der Waals surface area (Å²) in [7, 11) is -3.45. The molecule has 12 aromatic carbocycles. The second-order valence-corrected chi connectivity index (χ2v) is 18.2. The van der Waals surface area contributed by atoms with Crippen molar-refractivity contribution >= 4 is 25.2 Å². The molecular formula is C74H38B2O4Y26-20. The first-order chi connectivity index (χ1) is 39.3. The van der Waals surface area contributed by atoms with Crippen LogP contribution in [0.5, 0.6) is 0 Å². The second-order valence-electron chi connectivity index (χ2n) is 18.2. The van der Waals surface area contributed by atoms with Crippen molar-refractivity contribution in [1.82, 2.24) is 0 Å². The van der Waals surface area contributed by atoms with Crippen molar-refractivity contribution in [2.24, 2.45) is 0 Å². The van der Waals surface area contributed by atoms with Crippen LogP contribution in [0.1, 0.15) is 11.1 Å². The van der Waals surface area contributed by atoms with E-state index in [0.717, 1.165) is 100 Å². The molecule has 0 saturated carbocycles. The molecule has 106 heavy (non-hydrogen) atoms. The van der Waals surface area contributed by atoms with E-state index < -0.39 is 14.2 Å². The predicted molar refractivity (Wildman–Crippen MR) is 313 cm³/mol. The Kier molecular flexibility index (Phi) is 137. The summed E-state index contributed by atoms with van der Waals surface area (Å²) in [5.74, 6) is 0. The van der Waals surface area contributed by atoms with Gasteiger partial charge in [-0.15, -0.1) is 24.3 Å². The third-order valence-corrected chi connectivity index (χ3v) is 13.3. The molecule has 14 rings (SSSR count). The van der Waals surface area contributed by atoms with E-state index in [1.807, 2.05) is 121 Å². The largest absolute Gasteiger partial charge is 0.433 e. The van der Waals surface area contributed by atoms with E-state index in [1.54, 1.807) is 0 Å². The van der Waals surface area contributed by atoms with E-state index in [0.29, 0.717) is 11.1 Å². The average molecular weight is 3320 g/mol. The van der Waals surface area contributed by atoms with E-state index in [4.69, 9.17) is 0 Å². The molecular weight excluding hydrogens is 3290 g/mol. The normalized spacial score (nSPS) is 8.21. The molecule has 0 fully saturated rings. The summed E-state index contributed by atoms with van der Waals surface area (Å²) < 4.78 is 0. The Morgan fingerprint density at radius 3 is 0.519 bits per heavy atom. The van der Waals surface area contributed by atoms with Gasteiger partial charge in [-0.1, -0.05) is 13.8 Å². The van der Waals surface area contributed by atoms with Gasteiger partial charge < -0.3 is 20.1 Å². The first-order valence-corrected chi connectivity index (χ1v) is 25.4. The minimum absolute atomic E-state index is 0. The Morgan fingerprint density at radius 1 is 0.170 bits per heavy atom. The fourth-order valence-electron chi connectivity index (χ4n) is 9.68. The molecule has 0 bridgehead atoms. The maximum atomic E-state index is 9.25. The molecule has 0 atom stereocenters. The molecule has 462 valence electrons. The van der Waals surface area contributed by atoms with Crippen LogP contribution >= 0.6 is 0 Å². The van der Waals surface area contributed by atoms with Crippen molar-refractivity contribution < 1.29 is 871 Å². The number of benzene rings is 12. The molecule has 0 heterocycles. The van der Waals surface area contributed by atoms with E-state index >= 15 is 0 Å². The van der Waals surface area contributed by atoms with Crippen LogP contribution in [0.15, 0.2) is 170 Å². The Labute approximate surface area is 1290 Å². The molecule has 0 unspecified atom stereocenters. The zero-order chi connectivity index (χ0) is 55.0. The number of hydrogen-bond donors (Lipinski definition) is 4. The number of aryl methyl sites for hydroxylation is 2. The van der Waals surface area contributed by atoms with Gasteiger partial charge in [-0.3, -0.25) is 59.7 Å². The minimum Gasteiger partial charge on any atom is -0.433 e. The molecule has 0 aromatic heterocycles. The molecule has 2 aliphatic rings. The van der Waals surface area contributed by atoms with Gasteiger partial charge in [-0.2, -0.15) is 83.9 Å². The smallest absolute Gasteiger partial charge is 0.406 e. The van der Waals surface area contributed by atoms with Crippen LogP contribution in [-0.4, -0.2) is 34.3 Å². The van der Waals surface area contributed by atoms with Crippen LogP contribution < -0.4 is 10.9 Å². The molecule has 0 spiro atoms. The summed E-state index contributed by atoms with van der Waals surface area (Å²) in [6, 6.07) is 117.